The number of thiophene rings is 1. The van der Waals surface area contributed by atoms with Crippen LogP contribution in [-0.2, 0) is 6.54 Å². The molecule has 1 aliphatic rings. The van der Waals surface area contributed by atoms with E-state index in [4.69, 9.17) is 0 Å². The van der Waals surface area contributed by atoms with Gasteiger partial charge in [0.05, 0.1) is 16.3 Å². The summed E-state index contributed by atoms with van der Waals surface area (Å²) < 4.78 is 1.41. The lowest BCUT2D eigenvalue weighted by Gasteiger charge is -2.09. The van der Waals surface area contributed by atoms with Gasteiger partial charge in [-0.15, -0.1) is 11.3 Å². The summed E-state index contributed by atoms with van der Waals surface area (Å²) in [5.74, 6) is 0.0426. The van der Waals surface area contributed by atoms with Gasteiger partial charge in [0.15, 0.2) is 0 Å². The van der Waals surface area contributed by atoms with E-state index in [2.05, 4.69) is 15.7 Å². The van der Waals surface area contributed by atoms with Crippen LogP contribution in [0.4, 0.5) is 10.5 Å². The molecule has 1 saturated carbocycles. The Kier molecular flexibility index (Phi) is 5.90. The number of phenolic OH excluding ortho intramolecular Hbond substituents is 1. The molecule has 2 aromatic carbocycles. The van der Waals surface area contributed by atoms with Crippen LogP contribution in [0, 0.1) is 6.92 Å². The van der Waals surface area contributed by atoms with Crippen LogP contribution in [0.3, 0.4) is 0 Å². The Morgan fingerprint density at radius 2 is 1.94 bits per heavy atom. The number of amides is 2. The molecule has 8 heteroatoms. The van der Waals surface area contributed by atoms with Crippen molar-refractivity contribution in [1.29, 1.82) is 0 Å². The van der Waals surface area contributed by atoms with Gasteiger partial charge in [-0.05, 0) is 60.5 Å². The first kappa shape index (κ1) is 21.9. The topological polar surface area (TPSA) is 96.3 Å². The number of rotatable bonds is 6. The maximum Gasteiger partial charge on any atom is 0.342 e. The Morgan fingerprint density at radius 3 is 2.65 bits per heavy atom. The number of aromatic hydroxyl groups is 1. The van der Waals surface area contributed by atoms with E-state index in [9.17, 15) is 14.7 Å². The number of hydrogen-bond donors (Lipinski definition) is 3. The fourth-order valence-electron chi connectivity index (χ4n) is 3.84. The number of aryl methyl sites for hydroxylation is 1. The van der Waals surface area contributed by atoms with E-state index in [1.807, 2.05) is 48.7 Å². The molecule has 0 radical (unpaired) electrons. The van der Waals surface area contributed by atoms with Crippen LogP contribution in [-0.4, -0.2) is 26.8 Å². The lowest BCUT2D eigenvalue weighted by molar-refractivity contribution is 0.103. The van der Waals surface area contributed by atoms with Gasteiger partial charge in [0.1, 0.15) is 5.75 Å². The minimum Gasteiger partial charge on any atom is -0.507 e. The summed E-state index contributed by atoms with van der Waals surface area (Å²) >= 11 is 1.35. The first-order valence-electron chi connectivity index (χ1n) is 11.1. The zero-order valence-corrected chi connectivity index (χ0v) is 19.4. The molecule has 3 N–H and O–H groups in total. The summed E-state index contributed by atoms with van der Waals surface area (Å²) in [4.78, 5) is 25.9. The number of carbonyl (C=O) groups excluding carboxylic acids is 2. The van der Waals surface area contributed by atoms with Gasteiger partial charge in [0, 0.05) is 29.8 Å². The summed E-state index contributed by atoms with van der Waals surface area (Å²) in [5.41, 5.74) is 4.50. The Labute approximate surface area is 201 Å². The first-order chi connectivity index (χ1) is 16.5. The number of anilines is 1. The summed E-state index contributed by atoms with van der Waals surface area (Å²) in [6, 6.07) is 18.0. The first-order valence-corrected chi connectivity index (χ1v) is 12.0. The molecular formula is C26H24N4O3S. The summed E-state index contributed by atoms with van der Waals surface area (Å²) in [7, 11) is 0. The van der Waals surface area contributed by atoms with E-state index in [0.717, 1.165) is 29.7 Å². The van der Waals surface area contributed by atoms with E-state index < -0.39 is 0 Å². The second-order valence-electron chi connectivity index (χ2n) is 8.39. The van der Waals surface area contributed by atoms with Crippen LogP contribution < -0.4 is 10.6 Å². The van der Waals surface area contributed by atoms with Gasteiger partial charge < -0.3 is 15.7 Å². The smallest absolute Gasteiger partial charge is 0.342 e. The maximum absolute atomic E-state index is 13.0. The molecule has 1 aliphatic carbocycles. The standard InChI is InChI=1S/C26H24N4O3S/c1-16-5-2-3-6-18(16)15-27-26(33)30-22(17-8-9-17)14-21(29-30)20-11-10-19(13-23(20)31)28-25(32)24-7-4-12-34-24/h2-7,10-14,17,31H,8-9,15H2,1H3,(H,27,33)(H,28,32). The van der Waals surface area contributed by atoms with Crippen LogP contribution in [0.2, 0.25) is 0 Å². The molecule has 2 heterocycles. The molecule has 7 nitrogen and oxygen atoms in total. The normalized spacial score (nSPS) is 13.0. The fraction of sp³-hybridized carbons (Fsp3) is 0.192. The van der Waals surface area contributed by atoms with Crippen molar-refractivity contribution in [1.82, 2.24) is 15.1 Å². The van der Waals surface area contributed by atoms with Gasteiger partial charge in [-0.3, -0.25) is 4.79 Å². The van der Waals surface area contributed by atoms with Crippen LogP contribution in [0.1, 0.15) is 45.3 Å². The number of benzene rings is 2. The number of phenols is 1. The van der Waals surface area contributed by atoms with Crippen molar-refractivity contribution < 1.29 is 14.7 Å². The third-order valence-electron chi connectivity index (χ3n) is 5.89. The number of aromatic nitrogens is 2. The summed E-state index contributed by atoms with van der Waals surface area (Å²) in [6.45, 7) is 2.42. The molecule has 1 fully saturated rings. The summed E-state index contributed by atoms with van der Waals surface area (Å²) in [5, 5.41) is 22.8. The molecule has 0 unspecified atom stereocenters. The minimum atomic E-state index is -0.296. The van der Waals surface area contributed by atoms with Gasteiger partial charge in [0.2, 0.25) is 0 Å². The fourth-order valence-corrected chi connectivity index (χ4v) is 4.46. The molecule has 0 bridgehead atoms. The van der Waals surface area contributed by atoms with Crippen molar-refractivity contribution in [3.8, 4) is 17.0 Å². The van der Waals surface area contributed by atoms with Crippen LogP contribution in [0.15, 0.2) is 66.0 Å². The van der Waals surface area contributed by atoms with Crippen molar-refractivity contribution in [2.24, 2.45) is 0 Å². The SMILES string of the molecule is Cc1ccccc1CNC(=O)n1nc(-c2ccc(NC(=O)c3cccs3)cc2O)cc1C1CC1. The second kappa shape index (κ2) is 9.15. The highest BCUT2D eigenvalue weighted by molar-refractivity contribution is 7.12. The molecular weight excluding hydrogens is 448 g/mol. The minimum absolute atomic E-state index is 0.0173. The van der Waals surface area contributed by atoms with Gasteiger partial charge in [-0.25, -0.2) is 4.79 Å². The molecule has 5 rings (SSSR count). The monoisotopic (exact) mass is 472 g/mol. The molecule has 172 valence electrons. The van der Waals surface area contributed by atoms with E-state index in [0.29, 0.717) is 28.4 Å². The predicted octanol–water partition coefficient (Wildman–Crippen LogP) is 5.51. The van der Waals surface area contributed by atoms with Crippen molar-refractivity contribution in [2.45, 2.75) is 32.2 Å². The number of hydrogen-bond acceptors (Lipinski definition) is 5. The zero-order chi connectivity index (χ0) is 23.7. The molecule has 2 aromatic heterocycles. The van der Waals surface area contributed by atoms with Crippen molar-refractivity contribution in [3.05, 3.63) is 87.7 Å². The molecule has 0 atom stereocenters. The van der Waals surface area contributed by atoms with Gasteiger partial charge in [-0.1, -0.05) is 30.3 Å². The predicted molar refractivity (Wildman–Crippen MR) is 132 cm³/mol. The third kappa shape index (κ3) is 4.58. The van der Waals surface area contributed by atoms with E-state index in [-0.39, 0.29) is 23.6 Å². The van der Waals surface area contributed by atoms with Gasteiger partial charge in [0.25, 0.3) is 5.91 Å². The highest BCUT2D eigenvalue weighted by atomic mass is 32.1. The highest BCUT2D eigenvalue weighted by Gasteiger charge is 2.30. The van der Waals surface area contributed by atoms with Crippen molar-refractivity contribution >= 4 is 29.0 Å². The average molecular weight is 473 g/mol. The van der Waals surface area contributed by atoms with Gasteiger partial charge in [-0.2, -0.15) is 9.78 Å². The summed E-state index contributed by atoms with van der Waals surface area (Å²) in [6.07, 6.45) is 2.02. The van der Waals surface area contributed by atoms with E-state index in [1.54, 1.807) is 18.2 Å². The lowest BCUT2D eigenvalue weighted by atomic mass is 10.1. The molecule has 0 aliphatic heterocycles. The number of nitrogens with one attached hydrogen (secondary N) is 2. The zero-order valence-electron chi connectivity index (χ0n) is 18.6. The second-order valence-corrected chi connectivity index (χ2v) is 9.34. The van der Waals surface area contributed by atoms with Crippen LogP contribution in [0.25, 0.3) is 11.3 Å². The van der Waals surface area contributed by atoms with E-state index >= 15 is 0 Å². The third-order valence-corrected chi connectivity index (χ3v) is 6.76. The maximum atomic E-state index is 13.0. The van der Waals surface area contributed by atoms with E-state index in [1.165, 1.54) is 22.1 Å². The largest absolute Gasteiger partial charge is 0.507 e. The Hall–Kier alpha value is -3.91. The van der Waals surface area contributed by atoms with Gasteiger partial charge >= 0.3 is 6.03 Å². The molecule has 0 spiro atoms. The molecule has 2 amide bonds. The molecule has 0 saturated heterocycles. The Morgan fingerprint density at radius 1 is 1.12 bits per heavy atom. The van der Waals surface area contributed by atoms with Crippen LogP contribution in [0.5, 0.6) is 5.75 Å². The average Bonchev–Trinajstić information content (AvgIpc) is 3.33. The highest BCUT2D eigenvalue weighted by Crippen LogP contribution is 2.42. The lowest BCUT2D eigenvalue weighted by Crippen LogP contribution is -2.30. The Bertz CT molecular complexity index is 1360. The molecule has 34 heavy (non-hydrogen) atoms. The quantitative estimate of drug-likeness (QED) is 0.345. The Balaban J connectivity index is 1.36. The number of carbonyl (C=O) groups is 2. The number of nitrogens with zero attached hydrogens (tertiary/aromatic N) is 2. The molecule has 4 aromatic rings. The van der Waals surface area contributed by atoms with Crippen molar-refractivity contribution in [3.63, 3.8) is 0 Å². The van der Waals surface area contributed by atoms with Crippen molar-refractivity contribution in [2.75, 3.05) is 5.32 Å². The van der Waals surface area contributed by atoms with Crippen LogP contribution >= 0.6 is 11.3 Å².